The number of hydrogen-bond acceptors (Lipinski definition) is 8. The van der Waals surface area contributed by atoms with Crippen molar-refractivity contribution in [2.45, 2.75) is 13.0 Å². The second-order valence-electron chi connectivity index (χ2n) is 8.11. The SMILES string of the molecule is COCCOc1ccc2c(c1C(C)N1CCNCC1)O/C(=C\c1n[nH]c3ncccc13)C2=O. The molecule has 1 atom stereocenters. The van der Waals surface area contributed by atoms with Gasteiger partial charge < -0.3 is 19.5 Å². The van der Waals surface area contributed by atoms with Crippen molar-refractivity contribution in [3.63, 3.8) is 0 Å². The van der Waals surface area contributed by atoms with E-state index in [0.717, 1.165) is 37.1 Å². The lowest BCUT2D eigenvalue weighted by Crippen LogP contribution is -2.44. The van der Waals surface area contributed by atoms with Crippen molar-refractivity contribution in [3.8, 4) is 11.5 Å². The first kappa shape index (κ1) is 21.6. The largest absolute Gasteiger partial charge is 0.491 e. The number of carbonyl (C=O) groups excluding carboxylic acids is 1. The van der Waals surface area contributed by atoms with Crippen molar-refractivity contribution in [2.24, 2.45) is 0 Å². The van der Waals surface area contributed by atoms with E-state index < -0.39 is 0 Å². The Labute approximate surface area is 191 Å². The van der Waals surface area contributed by atoms with Crippen LogP contribution in [0.15, 0.2) is 36.2 Å². The number of hydrogen-bond donors (Lipinski definition) is 2. The van der Waals surface area contributed by atoms with Gasteiger partial charge in [0.1, 0.15) is 18.1 Å². The van der Waals surface area contributed by atoms with E-state index in [1.54, 1.807) is 25.4 Å². The van der Waals surface area contributed by atoms with Crippen molar-refractivity contribution in [1.29, 1.82) is 0 Å². The smallest absolute Gasteiger partial charge is 0.232 e. The molecule has 0 spiro atoms. The van der Waals surface area contributed by atoms with Crippen molar-refractivity contribution < 1.29 is 19.0 Å². The van der Waals surface area contributed by atoms with Gasteiger partial charge in [-0.05, 0) is 31.2 Å². The van der Waals surface area contributed by atoms with Crippen LogP contribution in [0.1, 0.15) is 34.6 Å². The molecule has 0 saturated carbocycles. The first-order valence-electron chi connectivity index (χ1n) is 11.1. The number of ether oxygens (including phenoxy) is 3. The molecule has 0 amide bonds. The number of pyridine rings is 1. The summed E-state index contributed by atoms with van der Waals surface area (Å²) in [6.07, 6.45) is 3.37. The zero-order valence-corrected chi connectivity index (χ0v) is 18.8. The van der Waals surface area contributed by atoms with Gasteiger partial charge in [-0.25, -0.2) is 4.98 Å². The minimum absolute atomic E-state index is 0.0159. The maximum Gasteiger partial charge on any atom is 0.232 e. The topological polar surface area (TPSA) is 102 Å². The number of fused-ring (bicyclic) bond motifs is 2. The number of ketones is 1. The van der Waals surface area contributed by atoms with Gasteiger partial charge in [-0.15, -0.1) is 0 Å². The van der Waals surface area contributed by atoms with Gasteiger partial charge in [0.2, 0.25) is 5.78 Å². The normalized spacial score (nSPS) is 18.5. The van der Waals surface area contributed by atoms with Crippen LogP contribution >= 0.6 is 0 Å². The van der Waals surface area contributed by atoms with E-state index in [0.29, 0.717) is 41.6 Å². The third-order valence-electron chi connectivity index (χ3n) is 6.13. The predicted octanol–water partition coefficient (Wildman–Crippen LogP) is 2.57. The van der Waals surface area contributed by atoms with Gasteiger partial charge >= 0.3 is 0 Å². The Bertz CT molecular complexity index is 1200. The van der Waals surface area contributed by atoms with E-state index in [4.69, 9.17) is 14.2 Å². The average Bonchev–Trinajstić information content (AvgIpc) is 3.40. The summed E-state index contributed by atoms with van der Waals surface area (Å²) in [5, 5.41) is 11.4. The maximum absolute atomic E-state index is 13.3. The molecule has 1 fully saturated rings. The highest BCUT2D eigenvalue weighted by Gasteiger charge is 2.35. The van der Waals surface area contributed by atoms with E-state index >= 15 is 0 Å². The van der Waals surface area contributed by atoms with Crippen LogP contribution in [-0.2, 0) is 4.74 Å². The third-order valence-corrected chi connectivity index (χ3v) is 6.13. The molecular formula is C24H27N5O4. The van der Waals surface area contributed by atoms with Gasteiger partial charge in [0.05, 0.1) is 23.4 Å². The number of benzene rings is 1. The fourth-order valence-corrected chi connectivity index (χ4v) is 4.37. The first-order valence-corrected chi connectivity index (χ1v) is 11.1. The average molecular weight is 450 g/mol. The molecule has 1 saturated heterocycles. The van der Waals surface area contributed by atoms with Crippen molar-refractivity contribution in [3.05, 3.63) is 53.0 Å². The van der Waals surface area contributed by atoms with E-state index in [1.165, 1.54) is 0 Å². The monoisotopic (exact) mass is 449 g/mol. The molecule has 0 aliphatic carbocycles. The zero-order valence-electron chi connectivity index (χ0n) is 18.8. The van der Waals surface area contributed by atoms with Crippen LogP contribution in [0.4, 0.5) is 0 Å². The highest BCUT2D eigenvalue weighted by Crippen LogP contribution is 2.44. The Balaban J connectivity index is 1.53. The van der Waals surface area contributed by atoms with Gasteiger partial charge in [0.25, 0.3) is 0 Å². The lowest BCUT2D eigenvalue weighted by Gasteiger charge is -2.34. The quantitative estimate of drug-likeness (QED) is 0.419. The van der Waals surface area contributed by atoms with Crippen molar-refractivity contribution in [2.75, 3.05) is 46.5 Å². The van der Waals surface area contributed by atoms with Crippen LogP contribution in [0.3, 0.4) is 0 Å². The maximum atomic E-state index is 13.3. The number of rotatable bonds is 7. The Kier molecular flexibility index (Phi) is 6.08. The van der Waals surface area contributed by atoms with Crippen LogP contribution < -0.4 is 14.8 Å². The highest BCUT2D eigenvalue weighted by molar-refractivity contribution is 6.15. The van der Waals surface area contributed by atoms with Crippen LogP contribution in [0, 0.1) is 0 Å². The molecule has 0 radical (unpaired) electrons. The molecule has 9 heteroatoms. The second-order valence-corrected chi connectivity index (χ2v) is 8.11. The van der Waals surface area contributed by atoms with E-state index in [2.05, 4.69) is 32.3 Å². The lowest BCUT2D eigenvalue weighted by molar-refractivity contribution is 0.101. The number of piperazine rings is 1. The molecule has 2 N–H and O–H groups in total. The summed E-state index contributed by atoms with van der Waals surface area (Å²) in [5.41, 5.74) is 2.70. The fourth-order valence-electron chi connectivity index (χ4n) is 4.37. The van der Waals surface area contributed by atoms with Crippen LogP contribution in [0.2, 0.25) is 0 Å². The molecule has 0 bridgehead atoms. The number of methoxy groups -OCH3 is 1. The van der Waals surface area contributed by atoms with Gasteiger partial charge in [-0.3, -0.25) is 14.8 Å². The van der Waals surface area contributed by atoms with Crippen molar-refractivity contribution >= 4 is 22.9 Å². The Morgan fingerprint density at radius 1 is 1.24 bits per heavy atom. The standard InChI is InChI=1S/C24H27N5O4/c1-15(29-10-8-25-9-11-29)21-19(32-13-12-31-2)6-5-17-22(30)20(33-23(17)21)14-18-16-4-3-7-26-24(16)28-27-18/h3-7,14-15,25H,8-13H2,1-2H3,(H,26,27,28)/b20-14-. The number of aromatic nitrogens is 3. The zero-order chi connectivity index (χ0) is 22.8. The summed E-state index contributed by atoms with van der Waals surface area (Å²) in [5.74, 6) is 1.35. The number of allylic oxidation sites excluding steroid dienone is 1. The summed E-state index contributed by atoms with van der Waals surface area (Å²) < 4.78 is 17.4. The molecule has 1 unspecified atom stereocenters. The number of carbonyl (C=O) groups is 1. The third kappa shape index (κ3) is 4.10. The molecule has 2 aliphatic heterocycles. The highest BCUT2D eigenvalue weighted by atomic mass is 16.5. The summed E-state index contributed by atoms with van der Waals surface area (Å²) in [7, 11) is 1.64. The molecule has 5 rings (SSSR count). The van der Waals surface area contributed by atoms with E-state index in [9.17, 15) is 4.79 Å². The van der Waals surface area contributed by atoms with Crippen LogP contribution in [0.25, 0.3) is 17.1 Å². The Hall–Kier alpha value is -3.27. The molecule has 172 valence electrons. The Morgan fingerprint density at radius 3 is 2.91 bits per heavy atom. The fraction of sp³-hybridized carbons (Fsp3) is 0.375. The predicted molar refractivity (Wildman–Crippen MR) is 123 cm³/mol. The minimum atomic E-state index is -0.165. The summed E-state index contributed by atoms with van der Waals surface area (Å²) in [4.78, 5) is 19.9. The number of H-pyrrole nitrogens is 1. The van der Waals surface area contributed by atoms with Gasteiger partial charge in [-0.2, -0.15) is 5.10 Å². The molecule has 1 aromatic carbocycles. The molecule has 3 aromatic rings. The van der Waals surface area contributed by atoms with E-state index in [-0.39, 0.29) is 17.6 Å². The molecule has 4 heterocycles. The summed E-state index contributed by atoms with van der Waals surface area (Å²) in [6, 6.07) is 7.40. The molecule has 33 heavy (non-hydrogen) atoms. The number of nitrogens with zero attached hydrogens (tertiary/aromatic N) is 3. The van der Waals surface area contributed by atoms with Crippen LogP contribution in [0.5, 0.6) is 11.5 Å². The lowest BCUT2D eigenvalue weighted by atomic mass is 9.99. The summed E-state index contributed by atoms with van der Waals surface area (Å²) in [6.45, 7) is 6.68. The van der Waals surface area contributed by atoms with Gasteiger partial charge in [0, 0.05) is 57.0 Å². The van der Waals surface area contributed by atoms with E-state index in [1.807, 2.05) is 18.2 Å². The van der Waals surface area contributed by atoms with Gasteiger partial charge in [-0.1, -0.05) is 0 Å². The summed E-state index contributed by atoms with van der Waals surface area (Å²) >= 11 is 0. The van der Waals surface area contributed by atoms with Gasteiger partial charge in [0.15, 0.2) is 11.4 Å². The minimum Gasteiger partial charge on any atom is -0.491 e. The molecular weight excluding hydrogens is 422 g/mol. The second kappa shape index (κ2) is 9.30. The first-order chi connectivity index (χ1) is 16.2. The molecule has 2 aliphatic rings. The number of nitrogens with one attached hydrogen (secondary N) is 2. The Morgan fingerprint density at radius 2 is 2.09 bits per heavy atom. The molecule has 9 nitrogen and oxygen atoms in total. The van der Waals surface area contributed by atoms with Crippen LogP contribution in [-0.4, -0.2) is 72.4 Å². The number of Topliss-reactive ketones (excluding diaryl/α,β-unsaturated/α-hetero) is 1. The molecule has 2 aromatic heterocycles. The number of aromatic amines is 1. The van der Waals surface area contributed by atoms with Crippen molar-refractivity contribution in [1.82, 2.24) is 25.4 Å².